The minimum Gasteiger partial charge on any atom is -0.314 e. The summed E-state index contributed by atoms with van der Waals surface area (Å²) >= 11 is 1.29. The van der Waals surface area contributed by atoms with Gasteiger partial charge in [0.2, 0.25) is 0 Å². The fraction of sp³-hybridized carbons (Fsp3) is 0.636. The van der Waals surface area contributed by atoms with Crippen LogP contribution in [0.25, 0.3) is 0 Å². The summed E-state index contributed by atoms with van der Waals surface area (Å²) in [5, 5.41) is 5.12. The molecule has 0 aliphatic carbocycles. The van der Waals surface area contributed by atoms with Gasteiger partial charge in [-0.2, -0.15) is 4.31 Å². The summed E-state index contributed by atoms with van der Waals surface area (Å²) in [6, 6.07) is 3.87. The highest BCUT2D eigenvalue weighted by Crippen LogP contribution is 2.27. The van der Waals surface area contributed by atoms with Crippen molar-refractivity contribution >= 4 is 21.4 Å². The molecule has 2 saturated heterocycles. The summed E-state index contributed by atoms with van der Waals surface area (Å²) < 4.78 is 26.5. The van der Waals surface area contributed by atoms with Crippen molar-refractivity contribution in [3.8, 4) is 0 Å². The average Bonchev–Trinajstić information content (AvgIpc) is 2.82. The molecule has 1 aromatic rings. The molecule has 7 heteroatoms. The van der Waals surface area contributed by atoms with Crippen LogP contribution in [0.1, 0.15) is 0 Å². The van der Waals surface area contributed by atoms with Crippen LogP contribution < -0.4 is 5.32 Å². The van der Waals surface area contributed by atoms with E-state index in [1.165, 1.54) is 11.3 Å². The highest BCUT2D eigenvalue weighted by molar-refractivity contribution is 7.91. The quantitative estimate of drug-likeness (QED) is 0.852. The zero-order valence-electron chi connectivity index (χ0n) is 10.1. The highest BCUT2D eigenvalue weighted by Gasteiger charge is 2.40. The first-order valence-corrected chi connectivity index (χ1v) is 8.48. The molecule has 0 radical (unpaired) electrons. The molecule has 0 spiro atoms. The Morgan fingerprint density at radius 2 is 2.00 bits per heavy atom. The summed E-state index contributed by atoms with van der Waals surface area (Å²) in [6.07, 6.45) is 0. The molecule has 0 atom stereocenters. The topological polar surface area (TPSA) is 52.7 Å². The van der Waals surface area contributed by atoms with E-state index in [4.69, 9.17) is 0 Å². The number of thiophene rings is 1. The summed E-state index contributed by atoms with van der Waals surface area (Å²) in [5.41, 5.74) is 0. The van der Waals surface area contributed by atoms with Gasteiger partial charge in [0.1, 0.15) is 4.21 Å². The van der Waals surface area contributed by atoms with Crippen LogP contribution in [-0.4, -0.2) is 62.9 Å². The second-order valence-corrected chi connectivity index (χ2v) is 7.81. The number of rotatable bonds is 3. The van der Waals surface area contributed by atoms with Gasteiger partial charge in [-0.15, -0.1) is 11.3 Å². The van der Waals surface area contributed by atoms with Crippen molar-refractivity contribution in [2.45, 2.75) is 10.3 Å². The van der Waals surface area contributed by atoms with Crippen LogP contribution in [0.15, 0.2) is 21.7 Å². The van der Waals surface area contributed by atoms with Gasteiger partial charge < -0.3 is 5.32 Å². The molecule has 3 heterocycles. The van der Waals surface area contributed by atoms with Crippen molar-refractivity contribution in [1.82, 2.24) is 14.5 Å². The molecule has 0 amide bonds. The lowest BCUT2D eigenvalue weighted by atomic mass is 10.1. The van der Waals surface area contributed by atoms with Crippen LogP contribution in [-0.2, 0) is 10.0 Å². The fourth-order valence-electron chi connectivity index (χ4n) is 2.43. The van der Waals surface area contributed by atoms with Gasteiger partial charge in [-0.05, 0) is 11.4 Å². The predicted octanol–water partition coefficient (Wildman–Crippen LogP) is 0.0262. The molecule has 0 aromatic carbocycles. The van der Waals surface area contributed by atoms with Crippen LogP contribution in [0.4, 0.5) is 0 Å². The maximum Gasteiger partial charge on any atom is 0.252 e. The van der Waals surface area contributed by atoms with E-state index < -0.39 is 10.0 Å². The van der Waals surface area contributed by atoms with E-state index in [0.29, 0.717) is 23.3 Å². The molecule has 5 nitrogen and oxygen atoms in total. The van der Waals surface area contributed by atoms with E-state index in [9.17, 15) is 8.42 Å². The minimum absolute atomic E-state index is 0.404. The van der Waals surface area contributed by atoms with E-state index in [2.05, 4.69) is 10.2 Å². The van der Waals surface area contributed by atoms with Crippen LogP contribution in [0.2, 0.25) is 0 Å². The summed E-state index contributed by atoms with van der Waals surface area (Å²) in [4.78, 5) is 2.39. The number of hydrogen-bond acceptors (Lipinski definition) is 5. The van der Waals surface area contributed by atoms with E-state index in [1.54, 1.807) is 21.8 Å². The monoisotopic (exact) mass is 287 g/mol. The number of sulfonamides is 1. The summed E-state index contributed by atoms with van der Waals surface area (Å²) in [6.45, 7) is 5.35. The third-order valence-electron chi connectivity index (χ3n) is 3.59. The number of nitrogens with one attached hydrogen (secondary N) is 1. The fourth-order valence-corrected chi connectivity index (χ4v) is 5.09. The van der Waals surface area contributed by atoms with Crippen LogP contribution >= 0.6 is 11.3 Å². The van der Waals surface area contributed by atoms with E-state index >= 15 is 0 Å². The van der Waals surface area contributed by atoms with Crippen molar-refractivity contribution < 1.29 is 8.42 Å². The summed E-state index contributed by atoms with van der Waals surface area (Å²) in [7, 11) is -3.22. The molecule has 0 saturated carbocycles. The molecule has 1 N–H and O–H groups in total. The van der Waals surface area contributed by atoms with E-state index in [0.717, 1.165) is 26.2 Å². The number of piperazine rings is 1. The molecule has 3 rings (SSSR count). The van der Waals surface area contributed by atoms with Crippen LogP contribution in [0.5, 0.6) is 0 Å². The molecule has 18 heavy (non-hydrogen) atoms. The van der Waals surface area contributed by atoms with Crippen molar-refractivity contribution in [2.24, 2.45) is 0 Å². The Balaban J connectivity index is 1.62. The Hall–Kier alpha value is -0.470. The molecule has 1 aromatic heterocycles. The van der Waals surface area contributed by atoms with Crippen molar-refractivity contribution in [2.75, 3.05) is 39.3 Å². The first-order chi connectivity index (χ1) is 8.68. The lowest BCUT2D eigenvalue weighted by Gasteiger charge is -2.45. The van der Waals surface area contributed by atoms with Gasteiger partial charge in [-0.1, -0.05) is 6.07 Å². The van der Waals surface area contributed by atoms with Gasteiger partial charge in [0, 0.05) is 45.3 Å². The second-order valence-electron chi connectivity index (χ2n) is 4.69. The van der Waals surface area contributed by atoms with Crippen LogP contribution in [0.3, 0.4) is 0 Å². The maximum absolute atomic E-state index is 12.2. The average molecular weight is 287 g/mol. The van der Waals surface area contributed by atoms with Crippen molar-refractivity contribution in [3.63, 3.8) is 0 Å². The van der Waals surface area contributed by atoms with E-state index in [-0.39, 0.29) is 0 Å². The smallest absolute Gasteiger partial charge is 0.252 e. The Labute approximate surface area is 111 Å². The first kappa shape index (κ1) is 12.6. The molecular weight excluding hydrogens is 270 g/mol. The third kappa shape index (κ3) is 2.21. The predicted molar refractivity (Wildman–Crippen MR) is 71.3 cm³/mol. The van der Waals surface area contributed by atoms with Gasteiger partial charge in [0.25, 0.3) is 10.0 Å². The Bertz CT molecular complexity index is 488. The zero-order valence-corrected chi connectivity index (χ0v) is 11.7. The van der Waals surface area contributed by atoms with Gasteiger partial charge in [0.05, 0.1) is 0 Å². The Morgan fingerprint density at radius 3 is 2.61 bits per heavy atom. The minimum atomic E-state index is -3.22. The lowest BCUT2D eigenvalue weighted by Crippen LogP contribution is -2.63. The van der Waals surface area contributed by atoms with Gasteiger partial charge in [-0.25, -0.2) is 8.42 Å². The molecule has 0 bridgehead atoms. The van der Waals surface area contributed by atoms with Crippen LogP contribution in [0, 0.1) is 0 Å². The largest absolute Gasteiger partial charge is 0.314 e. The maximum atomic E-state index is 12.2. The first-order valence-electron chi connectivity index (χ1n) is 6.16. The van der Waals surface area contributed by atoms with Gasteiger partial charge in [0.15, 0.2) is 0 Å². The lowest BCUT2D eigenvalue weighted by molar-refractivity contribution is 0.0774. The van der Waals surface area contributed by atoms with E-state index in [1.807, 2.05) is 0 Å². The SMILES string of the molecule is O=S(=O)(c1cccs1)N1CC(N2CCNCC2)C1. The molecular formula is C11H17N3O2S2. The Kier molecular flexibility index (Phi) is 3.42. The second kappa shape index (κ2) is 4.90. The van der Waals surface area contributed by atoms with Gasteiger partial charge in [-0.3, -0.25) is 4.90 Å². The Morgan fingerprint density at radius 1 is 1.28 bits per heavy atom. The molecule has 0 unspecified atom stereocenters. The highest BCUT2D eigenvalue weighted by atomic mass is 32.2. The third-order valence-corrected chi connectivity index (χ3v) is 6.79. The number of nitrogens with zero attached hydrogens (tertiary/aromatic N) is 2. The summed E-state index contributed by atoms with van der Waals surface area (Å²) in [5.74, 6) is 0. The standard InChI is InChI=1S/C11H17N3O2S2/c15-18(16,11-2-1-7-17-11)14-8-10(9-14)13-5-3-12-4-6-13/h1-2,7,10,12H,3-6,8-9H2. The normalized spacial score (nSPS) is 24.0. The van der Waals surface area contributed by atoms with Crippen molar-refractivity contribution in [1.29, 1.82) is 0 Å². The van der Waals surface area contributed by atoms with Gasteiger partial charge >= 0.3 is 0 Å². The number of hydrogen-bond donors (Lipinski definition) is 1. The molecule has 100 valence electrons. The molecule has 2 fully saturated rings. The van der Waals surface area contributed by atoms with Crippen molar-refractivity contribution in [3.05, 3.63) is 17.5 Å². The zero-order chi connectivity index (χ0) is 12.6. The molecule has 2 aliphatic rings. The molecule has 2 aliphatic heterocycles.